The van der Waals surface area contributed by atoms with Gasteiger partial charge >= 0.3 is 0 Å². The van der Waals surface area contributed by atoms with Gasteiger partial charge in [-0.05, 0) is 44.6 Å². The van der Waals surface area contributed by atoms with Crippen molar-refractivity contribution in [3.05, 3.63) is 35.9 Å². The Hall–Kier alpha value is -0.900. The van der Waals surface area contributed by atoms with E-state index >= 15 is 0 Å². The van der Waals surface area contributed by atoms with E-state index in [1.165, 1.54) is 0 Å². The molecule has 2 atom stereocenters. The molecule has 0 bridgehead atoms. The molecule has 3 heteroatoms. The minimum atomic E-state index is -0.665. The molecule has 21 heavy (non-hydrogen) atoms. The molecule has 2 aliphatic heterocycles. The number of hydrogen-bond donors (Lipinski definition) is 1. The van der Waals surface area contributed by atoms with Gasteiger partial charge in [-0.2, -0.15) is 0 Å². The van der Waals surface area contributed by atoms with Crippen LogP contribution < -0.4 is 0 Å². The Labute approximate surface area is 127 Å². The number of aliphatic hydroxyl groups is 1. The van der Waals surface area contributed by atoms with Gasteiger partial charge in [0.15, 0.2) is 0 Å². The molecular weight excluding hydrogens is 262 g/mol. The van der Waals surface area contributed by atoms with Crippen molar-refractivity contribution in [2.24, 2.45) is 5.92 Å². The molecule has 1 aromatic rings. The third kappa shape index (κ3) is 3.47. The zero-order chi connectivity index (χ0) is 14.9. The van der Waals surface area contributed by atoms with E-state index < -0.39 is 5.60 Å². The third-order valence-electron chi connectivity index (χ3n) is 4.95. The van der Waals surface area contributed by atoms with Gasteiger partial charge in [0.2, 0.25) is 0 Å². The summed E-state index contributed by atoms with van der Waals surface area (Å²) in [6, 6.07) is 10.1. The Kier molecular flexibility index (Phi) is 4.08. The first-order valence-electron chi connectivity index (χ1n) is 8.11. The Morgan fingerprint density at radius 1 is 1.29 bits per heavy atom. The topological polar surface area (TPSA) is 32.7 Å². The molecular formula is C18H27NO2. The maximum Gasteiger partial charge on any atom is 0.103 e. The SMILES string of the molecule is CC1(C)C[C@H](CN2CC[C@](O)(c3ccccc3)C2)CCO1. The second-order valence-corrected chi connectivity index (χ2v) is 7.35. The highest BCUT2D eigenvalue weighted by Crippen LogP contribution is 2.34. The summed E-state index contributed by atoms with van der Waals surface area (Å²) in [5, 5.41) is 10.9. The second kappa shape index (κ2) is 5.71. The molecule has 2 heterocycles. The van der Waals surface area contributed by atoms with E-state index in [2.05, 4.69) is 18.7 Å². The monoisotopic (exact) mass is 289 g/mol. The van der Waals surface area contributed by atoms with Crippen molar-refractivity contribution in [1.29, 1.82) is 0 Å². The van der Waals surface area contributed by atoms with Gasteiger partial charge in [-0.1, -0.05) is 30.3 Å². The van der Waals surface area contributed by atoms with Crippen molar-refractivity contribution < 1.29 is 9.84 Å². The number of hydrogen-bond acceptors (Lipinski definition) is 3. The van der Waals surface area contributed by atoms with Gasteiger partial charge in [0, 0.05) is 26.2 Å². The fourth-order valence-electron chi connectivity index (χ4n) is 3.89. The van der Waals surface area contributed by atoms with E-state index in [9.17, 15) is 5.11 Å². The average molecular weight is 289 g/mol. The molecule has 0 radical (unpaired) electrons. The van der Waals surface area contributed by atoms with Crippen LogP contribution in [-0.2, 0) is 10.3 Å². The number of ether oxygens (including phenoxy) is 1. The highest BCUT2D eigenvalue weighted by Gasteiger charge is 2.39. The van der Waals surface area contributed by atoms with Gasteiger partial charge in [-0.3, -0.25) is 4.90 Å². The standard InChI is InChI=1S/C18H27NO2/c1-17(2)12-15(8-11-21-17)13-19-10-9-18(20,14-19)16-6-4-3-5-7-16/h3-7,15,20H,8-14H2,1-2H3/t15-,18-/m1/s1. The molecule has 2 aliphatic rings. The van der Waals surface area contributed by atoms with E-state index in [0.29, 0.717) is 5.92 Å². The molecule has 2 fully saturated rings. The molecule has 1 aromatic carbocycles. The summed E-state index contributed by atoms with van der Waals surface area (Å²) in [6.07, 6.45) is 3.10. The van der Waals surface area contributed by atoms with Crippen molar-refractivity contribution in [2.45, 2.75) is 44.3 Å². The van der Waals surface area contributed by atoms with Crippen LogP contribution in [0.15, 0.2) is 30.3 Å². The lowest BCUT2D eigenvalue weighted by Gasteiger charge is -2.37. The summed E-state index contributed by atoms with van der Waals surface area (Å²) in [4.78, 5) is 2.43. The smallest absolute Gasteiger partial charge is 0.103 e. The maximum absolute atomic E-state index is 10.9. The van der Waals surface area contributed by atoms with Gasteiger partial charge in [0.25, 0.3) is 0 Å². The first-order chi connectivity index (χ1) is 9.97. The van der Waals surface area contributed by atoms with Crippen LogP contribution >= 0.6 is 0 Å². The summed E-state index contributed by atoms with van der Waals surface area (Å²) < 4.78 is 5.80. The molecule has 3 nitrogen and oxygen atoms in total. The van der Waals surface area contributed by atoms with Crippen LogP contribution in [0.5, 0.6) is 0 Å². The molecule has 116 valence electrons. The molecule has 3 rings (SSSR count). The number of likely N-dealkylation sites (tertiary alicyclic amines) is 1. The molecule has 0 spiro atoms. The molecule has 2 saturated heterocycles. The molecule has 0 aliphatic carbocycles. The van der Waals surface area contributed by atoms with Crippen LogP contribution in [0.1, 0.15) is 38.7 Å². The minimum absolute atomic E-state index is 0.0123. The lowest BCUT2D eigenvalue weighted by molar-refractivity contribution is -0.0768. The molecule has 1 N–H and O–H groups in total. The minimum Gasteiger partial charge on any atom is -0.384 e. The van der Waals surface area contributed by atoms with Crippen LogP contribution in [0.2, 0.25) is 0 Å². The van der Waals surface area contributed by atoms with Crippen LogP contribution in [0.3, 0.4) is 0 Å². The van der Waals surface area contributed by atoms with E-state index in [4.69, 9.17) is 4.74 Å². The first-order valence-corrected chi connectivity index (χ1v) is 8.11. The predicted molar refractivity (Wildman–Crippen MR) is 84.2 cm³/mol. The van der Waals surface area contributed by atoms with Crippen LogP contribution in [0.25, 0.3) is 0 Å². The van der Waals surface area contributed by atoms with E-state index in [1.54, 1.807) is 0 Å². The van der Waals surface area contributed by atoms with Crippen molar-refractivity contribution in [1.82, 2.24) is 4.90 Å². The van der Waals surface area contributed by atoms with E-state index in [1.807, 2.05) is 30.3 Å². The number of rotatable bonds is 3. The first kappa shape index (κ1) is 15.0. The van der Waals surface area contributed by atoms with Crippen LogP contribution in [-0.4, -0.2) is 41.8 Å². The van der Waals surface area contributed by atoms with Gasteiger partial charge < -0.3 is 9.84 Å². The Morgan fingerprint density at radius 2 is 2.05 bits per heavy atom. The summed E-state index contributed by atoms with van der Waals surface area (Å²) in [7, 11) is 0. The molecule has 0 saturated carbocycles. The number of β-amino-alcohol motifs (C(OH)–C–C–N with tert-alkyl or cyclic N) is 1. The zero-order valence-electron chi connectivity index (χ0n) is 13.2. The average Bonchev–Trinajstić information content (AvgIpc) is 2.81. The summed E-state index contributed by atoms with van der Waals surface area (Å²) in [6.45, 7) is 8.07. The summed E-state index contributed by atoms with van der Waals surface area (Å²) >= 11 is 0. The molecule has 0 amide bonds. The lowest BCUT2D eigenvalue weighted by atomic mass is 9.88. The lowest BCUT2D eigenvalue weighted by Crippen LogP contribution is -2.40. The summed E-state index contributed by atoms with van der Waals surface area (Å²) in [5.74, 6) is 0.687. The largest absolute Gasteiger partial charge is 0.384 e. The fraction of sp³-hybridized carbons (Fsp3) is 0.667. The van der Waals surface area contributed by atoms with Crippen LogP contribution in [0, 0.1) is 5.92 Å². The highest BCUT2D eigenvalue weighted by atomic mass is 16.5. The molecule has 0 aromatic heterocycles. The van der Waals surface area contributed by atoms with Gasteiger partial charge in [-0.15, -0.1) is 0 Å². The second-order valence-electron chi connectivity index (χ2n) is 7.35. The van der Waals surface area contributed by atoms with Crippen molar-refractivity contribution in [2.75, 3.05) is 26.2 Å². The number of benzene rings is 1. The molecule has 0 unspecified atom stereocenters. The maximum atomic E-state index is 10.9. The van der Waals surface area contributed by atoms with Gasteiger partial charge in [-0.25, -0.2) is 0 Å². The van der Waals surface area contributed by atoms with E-state index in [-0.39, 0.29) is 5.60 Å². The van der Waals surface area contributed by atoms with Crippen LogP contribution in [0.4, 0.5) is 0 Å². The number of nitrogens with zero attached hydrogens (tertiary/aromatic N) is 1. The Morgan fingerprint density at radius 3 is 2.76 bits per heavy atom. The summed E-state index contributed by atoms with van der Waals surface area (Å²) in [5.41, 5.74) is 0.403. The Bertz CT molecular complexity index is 473. The van der Waals surface area contributed by atoms with Gasteiger partial charge in [0.1, 0.15) is 5.60 Å². The zero-order valence-corrected chi connectivity index (χ0v) is 13.2. The third-order valence-corrected chi connectivity index (χ3v) is 4.95. The predicted octanol–water partition coefficient (Wildman–Crippen LogP) is 2.79. The van der Waals surface area contributed by atoms with Gasteiger partial charge in [0.05, 0.1) is 5.60 Å². The van der Waals surface area contributed by atoms with E-state index in [0.717, 1.165) is 51.1 Å². The highest BCUT2D eigenvalue weighted by molar-refractivity contribution is 5.24. The Balaban J connectivity index is 1.60. The van der Waals surface area contributed by atoms with Crippen molar-refractivity contribution >= 4 is 0 Å². The normalized spacial score (nSPS) is 33.2. The quantitative estimate of drug-likeness (QED) is 0.929. The fourth-order valence-corrected chi connectivity index (χ4v) is 3.89. The van der Waals surface area contributed by atoms with Crippen molar-refractivity contribution in [3.63, 3.8) is 0 Å². The van der Waals surface area contributed by atoms with Crippen molar-refractivity contribution in [3.8, 4) is 0 Å².